The average Bonchev–Trinajstić information content (AvgIpc) is 3.06. The van der Waals surface area contributed by atoms with Crippen molar-refractivity contribution in [2.24, 2.45) is 5.92 Å². The van der Waals surface area contributed by atoms with Gasteiger partial charge in [0, 0.05) is 12.0 Å². The molecular formula is C13H21N3O. The van der Waals surface area contributed by atoms with Crippen molar-refractivity contribution < 1.29 is 4.52 Å². The Balaban J connectivity index is 1.58. The molecule has 0 bridgehead atoms. The molecule has 0 radical (unpaired) electrons. The highest BCUT2D eigenvalue weighted by Crippen LogP contribution is 2.36. The van der Waals surface area contributed by atoms with Gasteiger partial charge in [-0.1, -0.05) is 18.5 Å². The molecule has 0 aromatic carbocycles. The quantitative estimate of drug-likeness (QED) is 0.869. The predicted molar refractivity (Wildman–Crippen MR) is 65.9 cm³/mol. The second-order valence-corrected chi connectivity index (χ2v) is 5.50. The molecule has 0 saturated heterocycles. The molecule has 0 aliphatic heterocycles. The van der Waals surface area contributed by atoms with Crippen molar-refractivity contribution in [2.45, 2.75) is 63.8 Å². The molecule has 1 heterocycles. The van der Waals surface area contributed by atoms with Crippen molar-refractivity contribution >= 4 is 6.01 Å². The van der Waals surface area contributed by atoms with E-state index in [0.717, 1.165) is 11.7 Å². The summed E-state index contributed by atoms with van der Waals surface area (Å²) in [7, 11) is 0. The standard InChI is InChI=1S/C13H21N3O/c1-2-9-3-5-10(6-4-9)12-15-13(17-16-12)14-11-7-8-11/h9-11H,2-8H2,1H3,(H,14,15,16). The van der Waals surface area contributed by atoms with Gasteiger partial charge < -0.3 is 9.84 Å². The van der Waals surface area contributed by atoms with Crippen LogP contribution in [0.25, 0.3) is 0 Å². The average molecular weight is 235 g/mol. The van der Waals surface area contributed by atoms with E-state index in [9.17, 15) is 0 Å². The van der Waals surface area contributed by atoms with Crippen LogP contribution in [0.3, 0.4) is 0 Å². The summed E-state index contributed by atoms with van der Waals surface area (Å²) in [5.74, 6) is 2.36. The van der Waals surface area contributed by atoms with Gasteiger partial charge in [-0.05, 0) is 44.4 Å². The first kappa shape index (κ1) is 11.1. The van der Waals surface area contributed by atoms with Gasteiger partial charge in [0.05, 0.1) is 0 Å². The van der Waals surface area contributed by atoms with E-state index in [4.69, 9.17) is 4.52 Å². The third-order valence-corrected chi connectivity index (χ3v) is 4.14. The Morgan fingerprint density at radius 3 is 2.59 bits per heavy atom. The second kappa shape index (κ2) is 4.67. The molecule has 4 nitrogen and oxygen atoms in total. The maximum absolute atomic E-state index is 5.25. The Hall–Kier alpha value is -1.06. The molecule has 94 valence electrons. The summed E-state index contributed by atoms with van der Waals surface area (Å²) < 4.78 is 5.25. The number of nitrogens with one attached hydrogen (secondary N) is 1. The van der Waals surface area contributed by atoms with Crippen molar-refractivity contribution in [1.82, 2.24) is 10.1 Å². The summed E-state index contributed by atoms with van der Waals surface area (Å²) in [6.07, 6.45) is 8.87. The Morgan fingerprint density at radius 1 is 1.18 bits per heavy atom. The fraction of sp³-hybridized carbons (Fsp3) is 0.846. The number of hydrogen-bond donors (Lipinski definition) is 1. The van der Waals surface area contributed by atoms with Gasteiger partial charge in [-0.15, -0.1) is 0 Å². The van der Waals surface area contributed by atoms with Crippen LogP contribution in [0.4, 0.5) is 6.01 Å². The Bertz CT molecular complexity index is 364. The van der Waals surface area contributed by atoms with E-state index in [-0.39, 0.29) is 0 Å². The van der Waals surface area contributed by atoms with Gasteiger partial charge in [-0.2, -0.15) is 4.98 Å². The lowest BCUT2D eigenvalue weighted by Crippen LogP contribution is -2.13. The number of nitrogens with zero attached hydrogens (tertiary/aromatic N) is 2. The molecule has 2 aliphatic rings. The molecule has 3 rings (SSSR count). The molecule has 0 amide bonds. The minimum absolute atomic E-state index is 0.524. The van der Waals surface area contributed by atoms with Crippen molar-refractivity contribution in [3.63, 3.8) is 0 Å². The summed E-state index contributed by atoms with van der Waals surface area (Å²) >= 11 is 0. The number of hydrogen-bond acceptors (Lipinski definition) is 4. The van der Waals surface area contributed by atoms with Crippen molar-refractivity contribution in [3.8, 4) is 0 Å². The summed E-state index contributed by atoms with van der Waals surface area (Å²) in [5.41, 5.74) is 0. The van der Waals surface area contributed by atoms with Gasteiger partial charge in [0.1, 0.15) is 0 Å². The molecular weight excluding hydrogens is 214 g/mol. The second-order valence-electron chi connectivity index (χ2n) is 5.50. The normalized spacial score (nSPS) is 29.2. The smallest absolute Gasteiger partial charge is 0.321 e. The highest BCUT2D eigenvalue weighted by molar-refractivity contribution is 5.24. The van der Waals surface area contributed by atoms with E-state index in [2.05, 4.69) is 22.4 Å². The zero-order chi connectivity index (χ0) is 11.7. The zero-order valence-corrected chi connectivity index (χ0v) is 10.5. The summed E-state index contributed by atoms with van der Waals surface area (Å²) in [4.78, 5) is 4.48. The highest BCUT2D eigenvalue weighted by Gasteiger charge is 2.27. The van der Waals surface area contributed by atoms with Crippen LogP contribution >= 0.6 is 0 Å². The lowest BCUT2D eigenvalue weighted by atomic mass is 9.80. The van der Waals surface area contributed by atoms with Crippen LogP contribution in [0.15, 0.2) is 4.52 Å². The molecule has 0 atom stereocenters. The Kier molecular flexibility index (Phi) is 3.04. The molecule has 1 aromatic rings. The summed E-state index contributed by atoms with van der Waals surface area (Å²) in [6.45, 7) is 2.29. The molecule has 2 fully saturated rings. The maximum Gasteiger partial charge on any atom is 0.321 e. The number of anilines is 1. The Labute approximate surface area is 102 Å². The molecule has 2 aliphatic carbocycles. The topological polar surface area (TPSA) is 51.0 Å². The molecule has 2 saturated carbocycles. The predicted octanol–water partition coefficient (Wildman–Crippen LogP) is 3.33. The molecule has 4 heteroatoms. The maximum atomic E-state index is 5.25. The molecule has 0 spiro atoms. The Morgan fingerprint density at radius 2 is 1.94 bits per heavy atom. The molecule has 1 N–H and O–H groups in total. The van der Waals surface area contributed by atoms with Crippen LogP contribution in [0.1, 0.15) is 63.6 Å². The summed E-state index contributed by atoms with van der Waals surface area (Å²) in [6, 6.07) is 1.21. The van der Waals surface area contributed by atoms with Crippen molar-refractivity contribution in [1.29, 1.82) is 0 Å². The van der Waals surface area contributed by atoms with Crippen LogP contribution in [0, 0.1) is 5.92 Å². The minimum Gasteiger partial charge on any atom is -0.335 e. The van der Waals surface area contributed by atoms with E-state index in [1.807, 2.05) is 0 Å². The van der Waals surface area contributed by atoms with Gasteiger partial charge in [-0.3, -0.25) is 0 Å². The monoisotopic (exact) mass is 235 g/mol. The third kappa shape index (κ3) is 2.61. The first-order valence-corrected chi connectivity index (χ1v) is 6.95. The van der Waals surface area contributed by atoms with E-state index in [1.165, 1.54) is 44.9 Å². The van der Waals surface area contributed by atoms with Gasteiger partial charge in [-0.25, -0.2) is 0 Å². The third-order valence-electron chi connectivity index (χ3n) is 4.14. The molecule has 0 unspecified atom stereocenters. The van der Waals surface area contributed by atoms with Gasteiger partial charge in [0.2, 0.25) is 0 Å². The molecule has 1 aromatic heterocycles. The van der Waals surface area contributed by atoms with Crippen LogP contribution in [-0.4, -0.2) is 16.2 Å². The lowest BCUT2D eigenvalue weighted by Gasteiger charge is -2.25. The first-order valence-electron chi connectivity index (χ1n) is 6.95. The first-order chi connectivity index (χ1) is 8.35. The highest BCUT2D eigenvalue weighted by atomic mass is 16.5. The molecule has 17 heavy (non-hydrogen) atoms. The van der Waals surface area contributed by atoms with E-state index in [1.54, 1.807) is 0 Å². The zero-order valence-electron chi connectivity index (χ0n) is 10.5. The van der Waals surface area contributed by atoms with E-state index >= 15 is 0 Å². The summed E-state index contributed by atoms with van der Waals surface area (Å²) in [5, 5.41) is 7.38. The van der Waals surface area contributed by atoms with E-state index < -0.39 is 0 Å². The largest absolute Gasteiger partial charge is 0.335 e. The van der Waals surface area contributed by atoms with Crippen LogP contribution in [0.2, 0.25) is 0 Å². The van der Waals surface area contributed by atoms with Crippen LogP contribution in [-0.2, 0) is 0 Å². The van der Waals surface area contributed by atoms with Gasteiger partial charge in [0.15, 0.2) is 5.82 Å². The van der Waals surface area contributed by atoms with Crippen LogP contribution < -0.4 is 5.32 Å². The lowest BCUT2D eigenvalue weighted by molar-refractivity contribution is 0.305. The van der Waals surface area contributed by atoms with E-state index in [0.29, 0.717) is 18.0 Å². The van der Waals surface area contributed by atoms with Crippen LogP contribution in [0.5, 0.6) is 0 Å². The van der Waals surface area contributed by atoms with Gasteiger partial charge in [0.25, 0.3) is 0 Å². The minimum atomic E-state index is 0.524. The number of rotatable bonds is 4. The van der Waals surface area contributed by atoms with Crippen molar-refractivity contribution in [2.75, 3.05) is 5.32 Å². The van der Waals surface area contributed by atoms with Gasteiger partial charge >= 0.3 is 6.01 Å². The SMILES string of the molecule is CCC1CCC(c2noc(NC3CC3)n2)CC1. The fourth-order valence-corrected chi connectivity index (χ4v) is 2.69. The van der Waals surface area contributed by atoms with Crippen molar-refractivity contribution in [3.05, 3.63) is 5.82 Å². The fourth-order valence-electron chi connectivity index (χ4n) is 2.69. The number of aromatic nitrogens is 2.